The lowest BCUT2D eigenvalue weighted by Gasteiger charge is -2.05. The van der Waals surface area contributed by atoms with Gasteiger partial charge in [-0.15, -0.1) is 0 Å². The zero-order valence-corrected chi connectivity index (χ0v) is 12.1. The molecule has 110 valence electrons. The van der Waals surface area contributed by atoms with Gasteiger partial charge >= 0.3 is 0 Å². The number of rotatable bonds is 5. The van der Waals surface area contributed by atoms with E-state index in [0.29, 0.717) is 11.4 Å². The zero-order valence-electron chi connectivity index (χ0n) is 11.2. The summed E-state index contributed by atoms with van der Waals surface area (Å²) in [6, 6.07) is 9.31. The van der Waals surface area contributed by atoms with E-state index in [1.807, 2.05) is 0 Å². The predicted octanol–water partition coefficient (Wildman–Crippen LogP) is 1.84. The maximum Gasteiger partial charge on any atom is 0.248 e. The van der Waals surface area contributed by atoms with Crippen LogP contribution in [0.2, 0.25) is 0 Å². The number of sulfonamides is 1. The number of carbonyl (C=O) groups excluding carboxylic acids is 1. The fourth-order valence-electron chi connectivity index (χ4n) is 1.56. The van der Waals surface area contributed by atoms with Gasteiger partial charge in [0, 0.05) is 11.8 Å². The Bertz CT molecular complexity index is 732. The summed E-state index contributed by atoms with van der Waals surface area (Å²) in [5, 5.41) is 2.62. The van der Waals surface area contributed by atoms with Gasteiger partial charge in [-0.25, -0.2) is 13.1 Å². The van der Waals surface area contributed by atoms with E-state index < -0.39 is 10.0 Å². The van der Waals surface area contributed by atoms with Crippen LogP contribution < -0.4 is 10.0 Å². The van der Waals surface area contributed by atoms with E-state index in [9.17, 15) is 13.2 Å². The van der Waals surface area contributed by atoms with E-state index in [0.717, 1.165) is 0 Å². The molecule has 0 bridgehead atoms. The fourth-order valence-corrected chi connectivity index (χ4v) is 2.29. The summed E-state index contributed by atoms with van der Waals surface area (Å²) in [7, 11) is -2.13. The standard InChI is InChI=1S/C14H14N2O4S/c1-15-21(18,19)13-7-4-11(5-8-13)16-14(17)9-6-12-3-2-10-20-12/h2-10,15H,1H3,(H,16,17)/b9-6+. The van der Waals surface area contributed by atoms with E-state index in [1.54, 1.807) is 12.1 Å². The highest BCUT2D eigenvalue weighted by atomic mass is 32.2. The topological polar surface area (TPSA) is 88.4 Å². The monoisotopic (exact) mass is 306 g/mol. The largest absolute Gasteiger partial charge is 0.465 e. The molecule has 0 fully saturated rings. The van der Waals surface area contributed by atoms with E-state index in [-0.39, 0.29) is 10.8 Å². The number of anilines is 1. The Hall–Kier alpha value is -2.38. The molecule has 21 heavy (non-hydrogen) atoms. The van der Waals surface area contributed by atoms with Gasteiger partial charge in [-0.05, 0) is 49.5 Å². The van der Waals surface area contributed by atoms with Crippen molar-refractivity contribution in [2.75, 3.05) is 12.4 Å². The second-order valence-electron chi connectivity index (χ2n) is 4.07. The highest BCUT2D eigenvalue weighted by Gasteiger charge is 2.10. The lowest BCUT2D eigenvalue weighted by molar-refractivity contribution is -0.111. The Kier molecular flexibility index (Phi) is 4.56. The first kappa shape index (κ1) is 15.0. The van der Waals surface area contributed by atoms with Gasteiger partial charge in [-0.3, -0.25) is 4.79 Å². The molecule has 7 heteroatoms. The first-order valence-corrected chi connectivity index (χ1v) is 7.56. The molecule has 2 aromatic rings. The Morgan fingerprint density at radius 1 is 1.19 bits per heavy atom. The summed E-state index contributed by atoms with van der Waals surface area (Å²) < 4.78 is 30.4. The first-order valence-electron chi connectivity index (χ1n) is 6.07. The summed E-state index contributed by atoms with van der Waals surface area (Å²) in [5.74, 6) is 0.233. The van der Waals surface area contributed by atoms with Crippen LogP contribution in [0.15, 0.2) is 58.1 Å². The summed E-state index contributed by atoms with van der Waals surface area (Å²) in [5.41, 5.74) is 0.499. The Balaban J connectivity index is 2.02. The van der Waals surface area contributed by atoms with Crippen LogP contribution in [0, 0.1) is 0 Å². The third-order valence-electron chi connectivity index (χ3n) is 2.64. The molecule has 0 saturated heterocycles. The van der Waals surface area contributed by atoms with Crippen LogP contribution in [0.3, 0.4) is 0 Å². The van der Waals surface area contributed by atoms with Crippen LogP contribution in [0.4, 0.5) is 5.69 Å². The molecule has 0 aliphatic carbocycles. The molecular weight excluding hydrogens is 292 g/mol. The Morgan fingerprint density at radius 2 is 1.90 bits per heavy atom. The minimum Gasteiger partial charge on any atom is -0.465 e. The average Bonchev–Trinajstić information content (AvgIpc) is 2.99. The van der Waals surface area contributed by atoms with Crippen molar-refractivity contribution in [2.45, 2.75) is 4.90 Å². The molecule has 0 atom stereocenters. The van der Waals surface area contributed by atoms with Gasteiger partial charge in [0.15, 0.2) is 0 Å². The fraction of sp³-hybridized carbons (Fsp3) is 0.0714. The average molecular weight is 306 g/mol. The van der Waals surface area contributed by atoms with Gasteiger partial charge in [0.1, 0.15) is 5.76 Å². The molecule has 6 nitrogen and oxygen atoms in total. The minimum atomic E-state index is -3.47. The number of hydrogen-bond donors (Lipinski definition) is 2. The van der Waals surface area contributed by atoms with E-state index in [1.165, 1.54) is 49.7 Å². The zero-order chi connectivity index (χ0) is 15.3. The molecule has 1 heterocycles. The molecule has 1 aromatic heterocycles. The summed E-state index contributed by atoms with van der Waals surface area (Å²) >= 11 is 0. The van der Waals surface area contributed by atoms with Crippen molar-refractivity contribution in [3.05, 3.63) is 54.5 Å². The van der Waals surface area contributed by atoms with Crippen molar-refractivity contribution >= 4 is 27.7 Å². The number of carbonyl (C=O) groups is 1. The van der Waals surface area contributed by atoms with E-state index >= 15 is 0 Å². The van der Waals surface area contributed by atoms with Crippen LogP contribution in [-0.2, 0) is 14.8 Å². The number of benzene rings is 1. The second kappa shape index (κ2) is 6.38. The van der Waals surface area contributed by atoms with Gasteiger partial charge in [0.2, 0.25) is 15.9 Å². The van der Waals surface area contributed by atoms with Crippen molar-refractivity contribution in [3.63, 3.8) is 0 Å². The van der Waals surface area contributed by atoms with Gasteiger partial charge in [-0.2, -0.15) is 0 Å². The molecule has 0 radical (unpaired) electrons. The normalized spacial score (nSPS) is 11.7. The smallest absolute Gasteiger partial charge is 0.248 e. The first-order chi connectivity index (χ1) is 10.0. The molecule has 0 saturated carbocycles. The van der Waals surface area contributed by atoms with Gasteiger partial charge in [-0.1, -0.05) is 0 Å². The maximum absolute atomic E-state index is 11.7. The molecule has 2 rings (SSSR count). The van der Waals surface area contributed by atoms with Gasteiger partial charge in [0.05, 0.1) is 11.2 Å². The van der Waals surface area contributed by atoms with Crippen LogP contribution >= 0.6 is 0 Å². The predicted molar refractivity (Wildman–Crippen MR) is 79.1 cm³/mol. The van der Waals surface area contributed by atoms with Gasteiger partial charge < -0.3 is 9.73 Å². The van der Waals surface area contributed by atoms with E-state index in [2.05, 4.69) is 10.0 Å². The highest BCUT2D eigenvalue weighted by Crippen LogP contribution is 2.13. The van der Waals surface area contributed by atoms with Crippen molar-refractivity contribution in [2.24, 2.45) is 0 Å². The molecule has 0 aliphatic heterocycles. The van der Waals surface area contributed by atoms with Crippen molar-refractivity contribution in [1.29, 1.82) is 0 Å². The molecular formula is C14H14N2O4S. The number of nitrogens with one attached hydrogen (secondary N) is 2. The Morgan fingerprint density at radius 3 is 2.48 bits per heavy atom. The molecule has 0 aliphatic rings. The number of amides is 1. The highest BCUT2D eigenvalue weighted by molar-refractivity contribution is 7.89. The minimum absolute atomic E-state index is 0.133. The van der Waals surface area contributed by atoms with Crippen LogP contribution in [0.1, 0.15) is 5.76 Å². The molecule has 1 amide bonds. The van der Waals surface area contributed by atoms with Crippen LogP contribution in [0.25, 0.3) is 6.08 Å². The quantitative estimate of drug-likeness (QED) is 0.825. The van der Waals surface area contributed by atoms with Gasteiger partial charge in [0.25, 0.3) is 0 Å². The lowest BCUT2D eigenvalue weighted by atomic mass is 10.3. The maximum atomic E-state index is 11.7. The lowest BCUT2D eigenvalue weighted by Crippen LogP contribution is -2.18. The second-order valence-corrected chi connectivity index (χ2v) is 5.96. The third-order valence-corrected chi connectivity index (χ3v) is 4.07. The molecule has 1 aromatic carbocycles. The van der Waals surface area contributed by atoms with Crippen LogP contribution in [-0.4, -0.2) is 21.4 Å². The third kappa shape index (κ3) is 4.04. The molecule has 0 unspecified atom stereocenters. The van der Waals surface area contributed by atoms with Crippen molar-refractivity contribution < 1.29 is 17.6 Å². The Labute approximate surface area is 122 Å². The molecule has 2 N–H and O–H groups in total. The van der Waals surface area contributed by atoms with Crippen molar-refractivity contribution in [3.8, 4) is 0 Å². The van der Waals surface area contributed by atoms with Crippen LogP contribution in [0.5, 0.6) is 0 Å². The summed E-state index contributed by atoms with van der Waals surface area (Å²) in [6.45, 7) is 0. The van der Waals surface area contributed by atoms with E-state index in [4.69, 9.17) is 4.42 Å². The number of hydrogen-bond acceptors (Lipinski definition) is 4. The number of furan rings is 1. The molecule has 0 spiro atoms. The SMILES string of the molecule is CNS(=O)(=O)c1ccc(NC(=O)/C=C/c2ccco2)cc1. The van der Waals surface area contributed by atoms with Crippen molar-refractivity contribution in [1.82, 2.24) is 4.72 Å². The summed E-state index contributed by atoms with van der Waals surface area (Å²) in [4.78, 5) is 11.8. The summed E-state index contributed by atoms with van der Waals surface area (Å²) in [6.07, 6.45) is 4.38.